The largest absolute Gasteiger partial charge is 0.368 e. The van der Waals surface area contributed by atoms with Gasteiger partial charge in [-0.2, -0.15) is 0 Å². The Bertz CT molecular complexity index is 906. The minimum absolute atomic E-state index is 0.0575. The molecule has 0 saturated heterocycles. The van der Waals surface area contributed by atoms with Crippen molar-refractivity contribution < 1.29 is 0 Å². The smallest absolute Gasteiger partial charge is 0.217 e. The molecule has 4 rings (SSSR count). The lowest BCUT2D eigenvalue weighted by atomic mass is 9.97. The number of amidine groups is 1. The van der Waals surface area contributed by atoms with E-state index in [2.05, 4.69) is 27.5 Å². The molecule has 0 spiro atoms. The predicted octanol–water partition coefficient (Wildman–Crippen LogP) is 2.46. The molecule has 0 aliphatic carbocycles. The molecule has 1 atom stereocenters. The monoisotopic (exact) mass is 332 g/mol. The fourth-order valence-corrected chi connectivity index (χ4v) is 3.24. The van der Waals surface area contributed by atoms with Gasteiger partial charge in [-0.05, 0) is 38.5 Å². The molecule has 2 aliphatic heterocycles. The van der Waals surface area contributed by atoms with Crippen molar-refractivity contribution >= 4 is 23.1 Å². The summed E-state index contributed by atoms with van der Waals surface area (Å²) in [7, 11) is 0. The van der Waals surface area contributed by atoms with Crippen LogP contribution in [-0.2, 0) is 0 Å². The first kappa shape index (κ1) is 15.5. The number of fused-ring (bicyclic) bond motifs is 1. The van der Waals surface area contributed by atoms with E-state index >= 15 is 0 Å². The van der Waals surface area contributed by atoms with Crippen LogP contribution >= 0.6 is 0 Å². The highest BCUT2D eigenvalue weighted by Crippen LogP contribution is 2.34. The van der Waals surface area contributed by atoms with Crippen molar-refractivity contribution in [3.8, 4) is 0 Å². The van der Waals surface area contributed by atoms with Gasteiger partial charge in [0.1, 0.15) is 6.17 Å². The first-order chi connectivity index (χ1) is 12.0. The molecule has 0 saturated carbocycles. The number of rotatable bonds is 2. The van der Waals surface area contributed by atoms with E-state index in [0.29, 0.717) is 5.96 Å². The molecule has 6 nitrogen and oxygen atoms in total. The van der Waals surface area contributed by atoms with Crippen LogP contribution in [0.1, 0.15) is 29.4 Å². The summed E-state index contributed by atoms with van der Waals surface area (Å²) < 4.78 is 0. The number of aryl methyl sites for hydroxylation is 2. The summed E-state index contributed by atoms with van der Waals surface area (Å²) in [5.74, 6) is 1.19. The Kier molecular flexibility index (Phi) is 3.62. The summed E-state index contributed by atoms with van der Waals surface area (Å²) in [6, 6.07) is 14.2. The van der Waals surface area contributed by atoms with Gasteiger partial charge in [-0.15, -0.1) is 0 Å². The van der Waals surface area contributed by atoms with Gasteiger partial charge in [0, 0.05) is 17.0 Å². The number of nitrogens with two attached hydrogens (primary N) is 1. The van der Waals surface area contributed by atoms with Crippen molar-refractivity contribution in [2.24, 2.45) is 15.7 Å². The molecule has 0 fully saturated rings. The maximum Gasteiger partial charge on any atom is 0.217 e. The highest BCUT2D eigenvalue weighted by molar-refractivity contribution is 6.35. The third kappa shape index (κ3) is 2.70. The molecule has 1 aromatic heterocycles. The van der Waals surface area contributed by atoms with Crippen LogP contribution in [0.2, 0.25) is 0 Å². The van der Waals surface area contributed by atoms with Gasteiger partial charge in [0.05, 0.1) is 11.3 Å². The fourth-order valence-electron chi connectivity index (χ4n) is 3.24. The number of hydrazine groups is 1. The highest BCUT2D eigenvalue weighted by atomic mass is 15.6. The normalized spacial score (nSPS) is 19.6. The van der Waals surface area contributed by atoms with Crippen LogP contribution in [-0.4, -0.2) is 28.0 Å². The molecule has 3 N–H and O–H groups in total. The Hall–Kier alpha value is -2.99. The zero-order valence-electron chi connectivity index (χ0n) is 14.5. The van der Waals surface area contributed by atoms with Crippen LogP contribution in [0.4, 0.5) is 0 Å². The second kappa shape index (κ2) is 5.82. The summed E-state index contributed by atoms with van der Waals surface area (Å²) in [5.41, 5.74) is 15.2. The van der Waals surface area contributed by atoms with Gasteiger partial charge in [-0.1, -0.05) is 30.3 Å². The summed E-state index contributed by atoms with van der Waals surface area (Å²) >= 11 is 0. The Labute approximate surface area is 146 Å². The molecule has 1 aromatic carbocycles. The molecule has 2 aliphatic rings. The van der Waals surface area contributed by atoms with Gasteiger partial charge < -0.3 is 5.73 Å². The van der Waals surface area contributed by atoms with Crippen molar-refractivity contribution in [3.05, 3.63) is 65.0 Å². The summed E-state index contributed by atoms with van der Waals surface area (Å²) in [5, 5.41) is 1.76. The molecular formula is C19H20N6. The van der Waals surface area contributed by atoms with Crippen molar-refractivity contribution in [2.75, 3.05) is 0 Å². The maximum atomic E-state index is 6.20. The highest BCUT2D eigenvalue weighted by Gasteiger charge is 2.34. The summed E-state index contributed by atoms with van der Waals surface area (Å²) in [4.78, 5) is 13.9. The molecule has 3 heterocycles. The van der Waals surface area contributed by atoms with Gasteiger partial charge in [-0.3, -0.25) is 4.98 Å². The van der Waals surface area contributed by atoms with E-state index in [-0.39, 0.29) is 6.17 Å². The molecule has 126 valence electrons. The van der Waals surface area contributed by atoms with Gasteiger partial charge in [0.15, 0.2) is 5.84 Å². The number of hydrogen-bond acceptors (Lipinski definition) is 6. The van der Waals surface area contributed by atoms with Crippen molar-refractivity contribution in [1.82, 2.24) is 15.4 Å². The number of guanidine groups is 1. The van der Waals surface area contributed by atoms with Crippen LogP contribution in [0.25, 0.3) is 11.3 Å². The summed E-state index contributed by atoms with van der Waals surface area (Å²) in [6.07, 6.45) is -0.0575. The molecule has 6 heteroatoms. The van der Waals surface area contributed by atoms with Gasteiger partial charge in [0.2, 0.25) is 5.96 Å². The van der Waals surface area contributed by atoms with E-state index in [9.17, 15) is 0 Å². The predicted molar refractivity (Wildman–Crippen MR) is 100 cm³/mol. The molecular weight excluding hydrogens is 312 g/mol. The van der Waals surface area contributed by atoms with Crippen LogP contribution < -0.4 is 11.2 Å². The minimum atomic E-state index is -0.0575. The standard InChI is InChI=1S/C19H20N6/c1-11-9-15(10-12(2)21-11)16-17(14-7-5-4-6-8-14)23-19(20)25-18(16)22-13(3)24-25/h4-10,13,24H,1-3H3,(H2,20,23). The lowest BCUT2D eigenvalue weighted by molar-refractivity contribution is 0.426. The average molecular weight is 332 g/mol. The third-order valence-corrected chi connectivity index (χ3v) is 4.18. The Morgan fingerprint density at radius 1 is 1.04 bits per heavy atom. The summed E-state index contributed by atoms with van der Waals surface area (Å²) in [6.45, 7) is 5.98. The lowest BCUT2D eigenvalue weighted by Crippen LogP contribution is -2.50. The van der Waals surface area contributed by atoms with E-state index in [1.165, 1.54) is 0 Å². The quantitative estimate of drug-likeness (QED) is 0.885. The van der Waals surface area contributed by atoms with E-state index in [4.69, 9.17) is 10.7 Å². The number of pyridine rings is 1. The van der Waals surface area contributed by atoms with E-state index in [1.807, 2.05) is 51.1 Å². The van der Waals surface area contributed by atoms with E-state index in [1.54, 1.807) is 5.01 Å². The van der Waals surface area contributed by atoms with Crippen molar-refractivity contribution in [2.45, 2.75) is 26.9 Å². The topological polar surface area (TPSA) is 78.9 Å². The van der Waals surface area contributed by atoms with Gasteiger partial charge in [-0.25, -0.2) is 20.4 Å². The molecule has 1 unspecified atom stereocenters. The fraction of sp³-hybridized carbons (Fsp3) is 0.211. The van der Waals surface area contributed by atoms with E-state index in [0.717, 1.165) is 39.6 Å². The third-order valence-electron chi connectivity index (χ3n) is 4.18. The molecule has 25 heavy (non-hydrogen) atoms. The van der Waals surface area contributed by atoms with Crippen molar-refractivity contribution in [1.29, 1.82) is 0 Å². The Morgan fingerprint density at radius 2 is 1.72 bits per heavy atom. The second-order valence-electron chi connectivity index (χ2n) is 6.29. The number of hydrogen-bond donors (Lipinski definition) is 2. The minimum Gasteiger partial charge on any atom is -0.368 e. The first-order valence-corrected chi connectivity index (χ1v) is 8.27. The zero-order chi connectivity index (χ0) is 17.6. The molecule has 2 aromatic rings. The molecule has 0 bridgehead atoms. The van der Waals surface area contributed by atoms with Crippen LogP contribution in [0.3, 0.4) is 0 Å². The molecule has 0 radical (unpaired) electrons. The Morgan fingerprint density at radius 3 is 2.40 bits per heavy atom. The number of benzene rings is 1. The van der Waals surface area contributed by atoms with Crippen molar-refractivity contribution in [3.63, 3.8) is 0 Å². The Balaban J connectivity index is 2.02. The number of aliphatic imine (C=N–C) groups is 2. The van der Waals surface area contributed by atoms with Gasteiger partial charge >= 0.3 is 0 Å². The van der Waals surface area contributed by atoms with E-state index < -0.39 is 0 Å². The lowest BCUT2D eigenvalue weighted by Gasteiger charge is -2.27. The zero-order valence-corrected chi connectivity index (χ0v) is 14.5. The average Bonchev–Trinajstić information content (AvgIpc) is 2.96. The van der Waals surface area contributed by atoms with Crippen LogP contribution in [0, 0.1) is 13.8 Å². The van der Waals surface area contributed by atoms with Crippen LogP contribution in [0.5, 0.6) is 0 Å². The van der Waals surface area contributed by atoms with Gasteiger partial charge in [0.25, 0.3) is 0 Å². The second-order valence-corrected chi connectivity index (χ2v) is 6.29. The molecule has 0 amide bonds. The first-order valence-electron chi connectivity index (χ1n) is 8.27. The SMILES string of the molecule is Cc1cc(C2=C(c3ccccc3)N=C(N)N3NC(C)N=C23)cc(C)n1. The van der Waals surface area contributed by atoms with Crippen LogP contribution in [0.15, 0.2) is 52.4 Å². The maximum absolute atomic E-state index is 6.20. The number of nitrogens with zero attached hydrogens (tertiary/aromatic N) is 4. The number of aromatic nitrogens is 1. The number of nitrogens with one attached hydrogen (secondary N) is 1.